The van der Waals surface area contributed by atoms with E-state index in [2.05, 4.69) is 32.7 Å². The lowest BCUT2D eigenvalue weighted by molar-refractivity contribution is 0.372. The first-order valence-corrected chi connectivity index (χ1v) is 9.00. The monoisotopic (exact) mass is 491 g/mol. The van der Waals surface area contributed by atoms with Crippen LogP contribution in [0.1, 0.15) is 56.9 Å². The van der Waals surface area contributed by atoms with Crippen LogP contribution >= 0.6 is 35.6 Å². The molecule has 2 aromatic rings. The Balaban J connectivity index is 0.00000338. The number of aromatic nitrogens is 2. The van der Waals surface area contributed by atoms with Crippen molar-refractivity contribution in [3.63, 3.8) is 0 Å². The van der Waals surface area contributed by atoms with Crippen molar-refractivity contribution in [2.75, 3.05) is 13.1 Å². The van der Waals surface area contributed by atoms with Crippen LogP contribution in [-0.2, 0) is 6.42 Å². The van der Waals surface area contributed by atoms with Gasteiger partial charge in [-0.3, -0.25) is 4.99 Å². The summed E-state index contributed by atoms with van der Waals surface area (Å²) in [5.41, 5.74) is 1.11. The Labute approximate surface area is 177 Å². The molecule has 2 rings (SSSR count). The Morgan fingerprint density at radius 2 is 2.08 bits per heavy atom. The standard InChI is InChI=1S/C18H26ClN5O.HI/c1-5-20-18(22-13(4)14-7-6-8-15(19)11-14)21-10-9-16-23-17(12(2)3)24-25-16;/h6-8,11-13H,5,9-10H2,1-4H3,(H2,20,21,22);1H. The molecule has 1 atom stereocenters. The molecule has 0 amide bonds. The van der Waals surface area contributed by atoms with E-state index in [1.54, 1.807) is 0 Å². The van der Waals surface area contributed by atoms with Crippen LogP contribution in [0.4, 0.5) is 0 Å². The van der Waals surface area contributed by atoms with Gasteiger partial charge in [0.1, 0.15) is 0 Å². The van der Waals surface area contributed by atoms with Gasteiger partial charge in [-0.25, -0.2) is 0 Å². The first kappa shape index (κ1) is 22.7. The Kier molecular flexibility index (Phi) is 9.93. The molecule has 1 unspecified atom stereocenters. The minimum Gasteiger partial charge on any atom is -0.357 e. The van der Waals surface area contributed by atoms with Gasteiger partial charge in [-0.1, -0.05) is 42.7 Å². The third-order valence-corrected chi connectivity index (χ3v) is 3.88. The fourth-order valence-electron chi connectivity index (χ4n) is 2.25. The summed E-state index contributed by atoms with van der Waals surface area (Å²) < 4.78 is 5.25. The van der Waals surface area contributed by atoms with E-state index < -0.39 is 0 Å². The molecular formula is C18H27ClIN5O. The zero-order chi connectivity index (χ0) is 18.2. The highest BCUT2D eigenvalue weighted by atomic mass is 127. The Hall–Kier alpha value is -1.35. The number of halogens is 2. The van der Waals surface area contributed by atoms with Gasteiger partial charge >= 0.3 is 0 Å². The maximum absolute atomic E-state index is 6.07. The molecule has 1 aromatic carbocycles. The second-order valence-corrected chi connectivity index (χ2v) is 6.57. The van der Waals surface area contributed by atoms with E-state index in [1.807, 2.05) is 45.0 Å². The van der Waals surface area contributed by atoms with E-state index in [-0.39, 0.29) is 35.9 Å². The second kappa shape index (κ2) is 11.4. The molecule has 26 heavy (non-hydrogen) atoms. The SMILES string of the molecule is CCNC(=NCCc1nc(C(C)C)no1)NC(C)c1cccc(Cl)c1.I. The van der Waals surface area contributed by atoms with E-state index in [9.17, 15) is 0 Å². The van der Waals surface area contributed by atoms with Crippen LogP contribution < -0.4 is 10.6 Å². The van der Waals surface area contributed by atoms with Crippen molar-refractivity contribution in [2.45, 2.75) is 46.1 Å². The molecule has 8 heteroatoms. The molecule has 0 spiro atoms. The molecule has 0 aliphatic rings. The average Bonchev–Trinajstić information content (AvgIpc) is 3.04. The highest BCUT2D eigenvalue weighted by Crippen LogP contribution is 2.17. The van der Waals surface area contributed by atoms with Crippen molar-refractivity contribution >= 4 is 41.5 Å². The third-order valence-electron chi connectivity index (χ3n) is 3.64. The lowest BCUT2D eigenvalue weighted by Crippen LogP contribution is -2.38. The van der Waals surface area contributed by atoms with Gasteiger partial charge in [-0.05, 0) is 31.5 Å². The highest BCUT2D eigenvalue weighted by molar-refractivity contribution is 14.0. The van der Waals surface area contributed by atoms with Crippen LogP contribution in [0.25, 0.3) is 0 Å². The largest absolute Gasteiger partial charge is 0.357 e. The normalized spacial score (nSPS) is 12.6. The van der Waals surface area contributed by atoms with Crippen LogP contribution in [0.3, 0.4) is 0 Å². The highest BCUT2D eigenvalue weighted by Gasteiger charge is 2.10. The maximum atomic E-state index is 6.07. The number of nitrogens with zero attached hydrogens (tertiary/aromatic N) is 3. The Morgan fingerprint density at radius 1 is 1.31 bits per heavy atom. The van der Waals surface area contributed by atoms with Gasteiger partial charge in [0.05, 0.1) is 12.6 Å². The molecule has 0 saturated heterocycles. The molecule has 0 aliphatic carbocycles. The van der Waals surface area contributed by atoms with Crippen molar-refractivity contribution in [3.05, 3.63) is 46.6 Å². The second-order valence-electron chi connectivity index (χ2n) is 6.13. The van der Waals surface area contributed by atoms with Crippen LogP contribution in [0, 0.1) is 0 Å². The van der Waals surface area contributed by atoms with Gasteiger partial charge in [0.15, 0.2) is 11.8 Å². The molecule has 2 N–H and O–H groups in total. The van der Waals surface area contributed by atoms with Crippen LogP contribution in [0.5, 0.6) is 0 Å². The van der Waals surface area contributed by atoms with Crippen molar-refractivity contribution in [1.82, 2.24) is 20.8 Å². The van der Waals surface area contributed by atoms with E-state index >= 15 is 0 Å². The quantitative estimate of drug-likeness (QED) is 0.343. The minimum absolute atomic E-state index is 0. The summed E-state index contributed by atoms with van der Waals surface area (Å²) in [7, 11) is 0. The zero-order valence-electron chi connectivity index (χ0n) is 15.6. The predicted molar refractivity (Wildman–Crippen MR) is 116 cm³/mol. The van der Waals surface area contributed by atoms with E-state index in [4.69, 9.17) is 16.1 Å². The van der Waals surface area contributed by atoms with Crippen LogP contribution in [-0.4, -0.2) is 29.2 Å². The average molecular weight is 492 g/mol. The van der Waals surface area contributed by atoms with Gasteiger partial charge in [0.2, 0.25) is 5.89 Å². The van der Waals surface area contributed by atoms with Gasteiger partial charge in [0, 0.05) is 23.9 Å². The fraction of sp³-hybridized carbons (Fsp3) is 0.500. The Morgan fingerprint density at radius 3 is 2.69 bits per heavy atom. The minimum atomic E-state index is 0. The maximum Gasteiger partial charge on any atom is 0.228 e. The number of aliphatic imine (C=N–C) groups is 1. The summed E-state index contributed by atoms with van der Waals surface area (Å²) in [6, 6.07) is 7.90. The molecule has 1 heterocycles. The number of benzene rings is 1. The topological polar surface area (TPSA) is 75.3 Å². The van der Waals surface area contributed by atoms with E-state index in [0.717, 1.165) is 28.9 Å². The molecular weight excluding hydrogens is 465 g/mol. The summed E-state index contributed by atoms with van der Waals surface area (Å²) in [5.74, 6) is 2.36. The van der Waals surface area contributed by atoms with Gasteiger partial charge in [-0.2, -0.15) is 4.98 Å². The van der Waals surface area contributed by atoms with Crippen molar-refractivity contribution < 1.29 is 4.52 Å². The summed E-state index contributed by atoms with van der Waals surface area (Å²) in [6.45, 7) is 9.54. The number of rotatable bonds is 7. The molecule has 0 bridgehead atoms. The molecule has 0 saturated carbocycles. The van der Waals surface area contributed by atoms with Crippen molar-refractivity contribution in [3.8, 4) is 0 Å². The van der Waals surface area contributed by atoms with Crippen LogP contribution in [0.15, 0.2) is 33.8 Å². The van der Waals surface area contributed by atoms with Gasteiger partial charge < -0.3 is 15.2 Å². The van der Waals surface area contributed by atoms with Gasteiger partial charge in [-0.15, -0.1) is 24.0 Å². The number of hydrogen-bond acceptors (Lipinski definition) is 4. The zero-order valence-corrected chi connectivity index (χ0v) is 18.7. The molecule has 0 radical (unpaired) electrons. The number of guanidine groups is 1. The van der Waals surface area contributed by atoms with E-state index in [1.165, 1.54) is 0 Å². The fourth-order valence-corrected chi connectivity index (χ4v) is 2.45. The first-order valence-electron chi connectivity index (χ1n) is 8.62. The summed E-state index contributed by atoms with van der Waals surface area (Å²) in [5, 5.41) is 11.3. The summed E-state index contributed by atoms with van der Waals surface area (Å²) in [6.07, 6.45) is 0.613. The summed E-state index contributed by atoms with van der Waals surface area (Å²) in [4.78, 5) is 8.95. The van der Waals surface area contributed by atoms with Gasteiger partial charge in [0.25, 0.3) is 0 Å². The Bertz CT molecular complexity index is 704. The summed E-state index contributed by atoms with van der Waals surface area (Å²) >= 11 is 6.07. The smallest absolute Gasteiger partial charge is 0.228 e. The molecule has 1 aromatic heterocycles. The van der Waals surface area contributed by atoms with E-state index in [0.29, 0.717) is 18.9 Å². The molecule has 144 valence electrons. The molecule has 6 nitrogen and oxygen atoms in total. The number of nitrogens with one attached hydrogen (secondary N) is 2. The van der Waals surface area contributed by atoms with Crippen molar-refractivity contribution in [1.29, 1.82) is 0 Å². The molecule has 0 aliphatic heterocycles. The third kappa shape index (κ3) is 7.11. The van der Waals surface area contributed by atoms with Crippen molar-refractivity contribution in [2.24, 2.45) is 4.99 Å². The predicted octanol–water partition coefficient (Wildman–Crippen LogP) is 4.32. The number of hydrogen-bond donors (Lipinski definition) is 2. The lowest BCUT2D eigenvalue weighted by Gasteiger charge is -2.18. The first-order chi connectivity index (χ1) is 12.0. The lowest BCUT2D eigenvalue weighted by atomic mass is 10.1. The van der Waals surface area contributed by atoms with Crippen LogP contribution in [0.2, 0.25) is 5.02 Å². The molecule has 0 fully saturated rings.